The number of amides is 1. The molecule has 2 bridgehead atoms. The van der Waals surface area contributed by atoms with Gasteiger partial charge in [0, 0.05) is 23.0 Å². The van der Waals surface area contributed by atoms with Gasteiger partial charge in [-0.15, -0.1) is 0 Å². The van der Waals surface area contributed by atoms with E-state index in [9.17, 15) is 18.0 Å². The molecule has 3 aliphatic carbocycles. The molecule has 3 aliphatic rings. The second-order valence-corrected chi connectivity index (χ2v) is 8.07. The van der Waals surface area contributed by atoms with E-state index in [0.29, 0.717) is 47.5 Å². The molecule has 3 fully saturated rings. The average Bonchev–Trinajstić information content (AvgIpc) is 2.98. The Morgan fingerprint density at radius 3 is 2.64 bits per heavy atom. The van der Waals surface area contributed by atoms with Crippen molar-refractivity contribution in [2.45, 2.75) is 36.4 Å². The molecule has 9 heteroatoms. The summed E-state index contributed by atoms with van der Waals surface area (Å²) < 4.78 is 44.3. The van der Waals surface area contributed by atoms with Gasteiger partial charge in [-0.05, 0) is 43.5 Å². The molecule has 2 heterocycles. The first-order chi connectivity index (χ1) is 13.2. The molecule has 0 spiro atoms. The van der Waals surface area contributed by atoms with Crippen LogP contribution in [0.3, 0.4) is 0 Å². The molecule has 6 rings (SSSR count). The van der Waals surface area contributed by atoms with Crippen LogP contribution in [0.15, 0.2) is 41.1 Å². The van der Waals surface area contributed by atoms with Crippen LogP contribution in [0, 0.1) is 0 Å². The lowest BCUT2D eigenvalue weighted by atomic mass is 9.39. The van der Waals surface area contributed by atoms with Crippen LogP contribution in [-0.4, -0.2) is 21.4 Å². The molecule has 2 aromatic heterocycles. The molecule has 1 N–H and O–H groups in total. The summed E-state index contributed by atoms with van der Waals surface area (Å²) in [5.41, 5.74) is -0.379. The second-order valence-electron chi connectivity index (χ2n) is 7.64. The molecule has 3 aromatic rings. The van der Waals surface area contributed by atoms with E-state index in [1.54, 1.807) is 18.2 Å². The molecule has 144 valence electrons. The third-order valence-electron chi connectivity index (χ3n) is 5.54. The van der Waals surface area contributed by atoms with Crippen LogP contribution in [-0.2, 0) is 11.6 Å². The number of rotatable bonds is 3. The highest BCUT2D eigenvalue weighted by molar-refractivity contribution is 6.31. The maximum absolute atomic E-state index is 12.8. The van der Waals surface area contributed by atoms with Gasteiger partial charge in [0.1, 0.15) is 5.52 Å². The van der Waals surface area contributed by atoms with Gasteiger partial charge in [0.15, 0.2) is 5.58 Å². The monoisotopic (exact) mass is 407 g/mol. The maximum atomic E-state index is 12.8. The normalized spacial score (nSPS) is 25.9. The number of halogens is 4. The maximum Gasteiger partial charge on any atom is 0.417 e. The average molecular weight is 408 g/mol. The zero-order chi connectivity index (χ0) is 19.7. The Morgan fingerprint density at radius 1 is 1.18 bits per heavy atom. The second kappa shape index (κ2) is 5.47. The first kappa shape index (κ1) is 17.5. The minimum Gasteiger partial charge on any atom is -0.440 e. The Balaban J connectivity index is 1.30. The van der Waals surface area contributed by atoms with E-state index in [-0.39, 0.29) is 11.0 Å². The van der Waals surface area contributed by atoms with Gasteiger partial charge >= 0.3 is 6.18 Å². The van der Waals surface area contributed by atoms with Gasteiger partial charge in [-0.3, -0.25) is 9.78 Å². The van der Waals surface area contributed by atoms with E-state index < -0.39 is 23.2 Å². The number of pyridine rings is 1. The van der Waals surface area contributed by atoms with E-state index in [1.807, 2.05) is 0 Å². The number of carbonyl (C=O) groups is 1. The lowest BCUT2D eigenvalue weighted by Gasteiger charge is -2.68. The number of alkyl halides is 3. The van der Waals surface area contributed by atoms with Gasteiger partial charge in [-0.1, -0.05) is 11.6 Å². The van der Waals surface area contributed by atoms with E-state index in [2.05, 4.69) is 15.3 Å². The Morgan fingerprint density at radius 2 is 1.93 bits per heavy atom. The van der Waals surface area contributed by atoms with Crippen molar-refractivity contribution >= 4 is 28.6 Å². The van der Waals surface area contributed by atoms with Crippen molar-refractivity contribution in [1.29, 1.82) is 0 Å². The van der Waals surface area contributed by atoms with Crippen LogP contribution in [0.1, 0.15) is 41.1 Å². The Hall–Kier alpha value is -2.61. The number of fused-ring (bicyclic) bond motifs is 1. The summed E-state index contributed by atoms with van der Waals surface area (Å²) in [4.78, 5) is 20.5. The molecule has 0 unspecified atom stereocenters. The van der Waals surface area contributed by atoms with E-state index >= 15 is 0 Å². The van der Waals surface area contributed by atoms with E-state index in [4.69, 9.17) is 16.0 Å². The number of hydrogen-bond donors (Lipinski definition) is 1. The van der Waals surface area contributed by atoms with Gasteiger partial charge in [0.05, 0.1) is 16.5 Å². The molecule has 1 aromatic carbocycles. The molecule has 28 heavy (non-hydrogen) atoms. The summed E-state index contributed by atoms with van der Waals surface area (Å²) in [6, 6.07) is 6.03. The Kier molecular flexibility index (Phi) is 3.42. The van der Waals surface area contributed by atoms with Crippen molar-refractivity contribution in [2.24, 2.45) is 0 Å². The predicted molar refractivity (Wildman–Crippen MR) is 94.0 cm³/mol. The van der Waals surface area contributed by atoms with Crippen LogP contribution in [0.25, 0.3) is 11.1 Å². The van der Waals surface area contributed by atoms with Crippen molar-refractivity contribution in [3.8, 4) is 0 Å². The minimum atomic E-state index is -4.54. The molecule has 3 saturated carbocycles. The topological polar surface area (TPSA) is 68.0 Å². The lowest BCUT2D eigenvalue weighted by molar-refractivity contribution is -0.137. The summed E-state index contributed by atoms with van der Waals surface area (Å²) in [5.74, 6) is 0.0536. The smallest absolute Gasteiger partial charge is 0.417 e. The van der Waals surface area contributed by atoms with Gasteiger partial charge in [-0.25, -0.2) is 4.98 Å². The first-order valence-electron chi connectivity index (χ1n) is 8.60. The highest BCUT2D eigenvalue weighted by Crippen LogP contribution is 2.67. The van der Waals surface area contributed by atoms with Crippen LogP contribution < -0.4 is 5.32 Å². The highest BCUT2D eigenvalue weighted by atomic mass is 35.5. The van der Waals surface area contributed by atoms with Crippen LogP contribution >= 0.6 is 11.6 Å². The van der Waals surface area contributed by atoms with Crippen molar-refractivity contribution in [3.63, 3.8) is 0 Å². The largest absolute Gasteiger partial charge is 0.440 e. The predicted octanol–water partition coefficient (Wildman–Crippen LogP) is 4.50. The molecular formula is C19H13ClF3N3O2. The molecule has 0 atom stereocenters. The zero-order valence-electron chi connectivity index (χ0n) is 14.3. The number of carbonyl (C=O) groups excluding carboxylic acids is 1. The lowest BCUT2D eigenvalue weighted by Crippen LogP contribution is -2.76. The number of hydrogen-bond acceptors (Lipinski definition) is 4. The molecule has 5 nitrogen and oxygen atoms in total. The Bertz CT molecular complexity index is 1110. The van der Waals surface area contributed by atoms with E-state index in [0.717, 1.165) is 12.3 Å². The van der Waals surface area contributed by atoms with Gasteiger partial charge < -0.3 is 9.73 Å². The highest BCUT2D eigenvalue weighted by Gasteiger charge is 2.71. The summed E-state index contributed by atoms with van der Waals surface area (Å²) in [6.07, 6.45) is -0.793. The SMILES string of the molecule is O=C(NC12CC(c3nc4cc(Cl)ccc4o3)(C1)C2)c1cncc(C(F)(F)F)c1. The Labute approximate surface area is 161 Å². The zero-order valence-corrected chi connectivity index (χ0v) is 15.1. The molecule has 0 saturated heterocycles. The molecule has 0 aliphatic heterocycles. The van der Waals surface area contributed by atoms with Crippen LogP contribution in [0.5, 0.6) is 0 Å². The fraction of sp³-hybridized carbons (Fsp3) is 0.316. The number of nitrogens with one attached hydrogen (secondary N) is 1. The number of aromatic nitrogens is 2. The third-order valence-corrected chi connectivity index (χ3v) is 5.78. The fourth-order valence-corrected chi connectivity index (χ4v) is 4.47. The number of nitrogens with zero attached hydrogens (tertiary/aromatic N) is 2. The van der Waals surface area contributed by atoms with Crippen LogP contribution in [0.2, 0.25) is 5.02 Å². The van der Waals surface area contributed by atoms with Gasteiger partial charge in [0.2, 0.25) is 5.89 Å². The minimum absolute atomic E-state index is 0.106. The van der Waals surface area contributed by atoms with E-state index in [1.165, 1.54) is 0 Å². The third kappa shape index (κ3) is 2.58. The van der Waals surface area contributed by atoms with Crippen LogP contribution in [0.4, 0.5) is 13.2 Å². The van der Waals surface area contributed by atoms with Crippen molar-refractivity contribution in [2.75, 3.05) is 0 Å². The number of oxazole rings is 1. The summed E-state index contributed by atoms with van der Waals surface area (Å²) >= 11 is 5.97. The summed E-state index contributed by atoms with van der Waals surface area (Å²) in [6.45, 7) is 0. The summed E-state index contributed by atoms with van der Waals surface area (Å²) in [7, 11) is 0. The standard InChI is InChI=1S/C19H13ClF3N3O2/c20-12-1-2-14-13(4-12)25-16(28-14)17-7-18(8-17,9-17)26-15(27)10-3-11(6-24-5-10)19(21,22)23/h1-6H,7-9H2,(H,26,27). The van der Waals surface area contributed by atoms with Gasteiger partial charge in [0.25, 0.3) is 5.91 Å². The van der Waals surface area contributed by atoms with Crippen molar-refractivity contribution in [1.82, 2.24) is 15.3 Å². The molecular weight excluding hydrogens is 395 g/mol. The molecule has 1 amide bonds. The van der Waals surface area contributed by atoms with Crippen molar-refractivity contribution < 1.29 is 22.4 Å². The summed E-state index contributed by atoms with van der Waals surface area (Å²) in [5, 5.41) is 3.43. The van der Waals surface area contributed by atoms with Gasteiger partial charge in [-0.2, -0.15) is 13.2 Å². The fourth-order valence-electron chi connectivity index (χ4n) is 4.31. The first-order valence-corrected chi connectivity index (χ1v) is 8.97. The molecule has 0 radical (unpaired) electrons. The quantitative estimate of drug-likeness (QED) is 0.694. The van der Waals surface area contributed by atoms with Crippen molar-refractivity contribution in [3.05, 3.63) is 58.7 Å². The number of benzene rings is 1.